The maximum atomic E-state index is 11.5. The van der Waals surface area contributed by atoms with Gasteiger partial charge in [0.05, 0.1) is 30.0 Å². The summed E-state index contributed by atoms with van der Waals surface area (Å²) < 4.78 is 5.75. The van der Waals surface area contributed by atoms with E-state index in [0.717, 1.165) is 48.7 Å². The van der Waals surface area contributed by atoms with Gasteiger partial charge < -0.3 is 14.4 Å². The fourth-order valence-corrected chi connectivity index (χ4v) is 3.36. The SMILES string of the molecule is O=CC(COCc1ccccc1)N1CCN(c2ccccc2Cl)CC1. The second-order valence-corrected chi connectivity index (χ2v) is 6.59. The highest BCUT2D eigenvalue weighted by Gasteiger charge is 2.24. The van der Waals surface area contributed by atoms with E-state index in [9.17, 15) is 4.79 Å². The molecule has 1 saturated heterocycles. The number of carbonyl (C=O) groups excluding carboxylic acids is 1. The maximum absolute atomic E-state index is 11.5. The van der Waals surface area contributed by atoms with E-state index in [-0.39, 0.29) is 6.04 Å². The van der Waals surface area contributed by atoms with Gasteiger partial charge in [-0.3, -0.25) is 4.90 Å². The largest absolute Gasteiger partial charge is 0.375 e. The van der Waals surface area contributed by atoms with Crippen molar-refractivity contribution < 1.29 is 9.53 Å². The van der Waals surface area contributed by atoms with E-state index >= 15 is 0 Å². The Morgan fingerprint density at radius 1 is 1.00 bits per heavy atom. The molecule has 5 heteroatoms. The van der Waals surface area contributed by atoms with Gasteiger partial charge in [0.25, 0.3) is 0 Å². The average molecular weight is 359 g/mol. The molecule has 1 heterocycles. The molecule has 1 aliphatic rings. The van der Waals surface area contributed by atoms with Crippen molar-refractivity contribution in [2.24, 2.45) is 0 Å². The van der Waals surface area contributed by atoms with Crippen LogP contribution in [0.25, 0.3) is 0 Å². The highest BCUT2D eigenvalue weighted by molar-refractivity contribution is 6.33. The first-order valence-electron chi connectivity index (χ1n) is 8.58. The molecule has 1 atom stereocenters. The Kier molecular flexibility index (Phi) is 6.45. The van der Waals surface area contributed by atoms with E-state index < -0.39 is 0 Å². The third kappa shape index (κ3) is 4.82. The number of anilines is 1. The van der Waals surface area contributed by atoms with Crippen molar-refractivity contribution in [1.29, 1.82) is 0 Å². The highest BCUT2D eigenvalue weighted by Crippen LogP contribution is 2.26. The maximum Gasteiger partial charge on any atom is 0.139 e. The third-order valence-corrected chi connectivity index (χ3v) is 4.85. The lowest BCUT2D eigenvalue weighted by molar-refractivity contribution is -0.115. The number of para-hydroxylation sites is 1. The Morgan fingerprint density at radius 3 is 2.36 bits per heavy atom. The zero-order valence-corrected chi connectivity index (χ0v) is 14.9. The molecule has 2 aromatic rings. The molecule has 25 heavy (non-hydrogen) atoms. The van der Waals surface area contributed by atoms with Gasteiger partial charge in [0.1, 0.15) is 6.29 Å². The van der Waals surface area contributed by atoms with Crippen LogP contribution >= 0.6 is 11.6 Å². The lowest BCUT2D eigenvalue weighted by Gasteiger charge is -2.38. The number of piperazine rings is 1. The lowest BCUT2D eigenvalue weighted by Crippen LogP contribution is -2.52. The standard InChI is InChI=1S/C20H23ClN2O2/c21-19-8-4-5-9-20(19)23-12-10-22(11-13-23)18(14-24)16-25-15-17-6-2-1-3-7-17/h1-9,14,18H,10-13,15-16H2. The number of ether oxygens (including phenoxy) is 1. The van der Waals surface area contributed by atoms with Crippen LogP contribution in [0.3, 0.4) is 0 Å². The number of nitrogens with zero attached hydrogens (tertiary/aromatic N) is 2. The molecular weight excluding hydrogens is 336 g/mol. The van der Waals surface area contributed by atoms with E-state index in [4.69, 9.17) is 16.3 Å². The summed E-state index contributed by atoms with van der Waals surface area (Å²) in [5.74, 6) is 0. The van der Waals surface area contributed by atoms with E-state index in [0.29, 0.717) is 13.2 Å². The van der Waals surface area contributed by atoms with Gasteiger partial charge in [-0.1, -0.05) is 54.1 Å². The Hall–Kier alpha value is -1.88. The molecule has 0 spiro atoms. The van der Waals surface area contributed by atoms with Crippen LogP contribution in [-0.4, -0.2) is 50.0 Å². The van der Waals surface area contributed by atoms with E-state index in [2.05, 4.69) is 9.80 Å². The number of aldehydes is 1. The number of rotatable bonds is 7. The van der Waals surface area contributed by atoms with Crippen LogP contribution in [0.1, 0.15) is 5.56 Å². The second-order valence-electron chi connectivity index (χ2n) is 6.18. The smallest absolute Gasteiger partial charge is 0.139 e. The van der Waals surface area contributed by atoms with Crippen LogP contribution in [0.5, 0.6) is 0 Å². The highest BCUT2D eigenvalue weighted by atomic mass is 35.5. The summed E-state index contributed by atoms with van der Waals surface area (Å²) in [4.78, 5) is 16.0. The number of carbonyl (C=O) groups is 1. The number of halogens is 1. The van der Waals surface area contributed by atoms with Gasteiger partial charge in [-0.15, -0.1) is 0 Å². The second kappa shape index (κ2) is 8.99. The Labute approximate surface area is 154 Å². The molecule has 0 aromatic heterocycles. The average Bonchev–Trinajstić information content (AvgIpc) is 2.67. The summed E-state index contributed by atoms with van der Waals surface area (Å²) in [7, 11) is 0. The molecule has 4 nitrogen and oxygen atoms in total. The van der Waals surface area contributed by atoms with Crippen molar-refractivity contribution >= 4 is 23.6 Å². The number of benzene rings is 2. The van der Waals surface area contributed by atoms with Crippen molar-refractivity contribution in [2.75, 3.05) is 37.7 Å². The Bertz CT molecular complexity index is 672. The van der Waals surface area contributed by atoms with Crippen molar-refractivity contribution in [3.05, 3.63) is 65.2 Å². The van der Waals surface area contributed by atoms with Gasteiger partial charge in [0.2, 0.25) is 0 Å². The normalized spacial score (nSPS) is 16.6. The van der Waals surface area contributed by atoms with Gasteiger partial charge in [-0.2, -0.15) is 0 Å². The first-order valence-corrected chi connectivity index (χ1v) is 8.96. The van der Waals surface area contributed by atoms with Crippen molar-refractivity contribution in [3.8, 4) is 0 Å². The molecule has 0 amide bonds. The van der Waals surface area contributed by atoms with Gasteiger partial charge >= 0.3 is 0 Å². The molecule has 1 aliphatic heterocycles. The van der Waals surface area contributed by atoms with Gasteiger partial charge in [0.15, 0.2) is 0 Å². The van der Waals surface area contributed by atoms with Crippen LogP contribution in [-0.2, 0) is 16.1 Å². The Morgan fingerprint density at radius 2 is 1.68 bits per heavy atom. The van der Waals surface area contributed by atoms with E-state index in [1.807, 2.05) is 54.6 Å². The van der Waals surface area contributed by atoms with Crippen LogP contribution in [0.4, 0.5) is 5.69 Å². The molecule has 132 valence electrons. The predicted molar refractivity (Wildman–Crippen MR) is 101 cm³/mol. The number of hydrogen-bond donors (Lipinski definition) is 0. The van der Waals surface area contributed by atoms with Gasteiger partial charge in [-0.25, -0.2) is 0 Å². The summed E-state index contributed by atoms with van der Waals surface area (Å²) in [6, 6.07) is 17.7. The molecule has 1 unspecified atom stereocenters. The summed E-state index contributed by atoms with van der Waals surface area (Å²) in [6.07, 6.45) is 0.996. The molecular formula is C20H23ClN2O2. The van der Waals surface area contributed by atoms with Gasteiger partial charge in [-0.05, 0) is 17.7 Å². The molecule has 2 aromatic carbocycles. The molecule has 0 saturated carbocycles. The van der Waals surface area contributed by atoms with Gasteiger partial charge in [0, 0.05) is 26.2 Å². The quantitative estimate of drug-likeness (QED) is 0.711. The van der Waals surface area contributed by atoms with Crippen LogP contribution in [0.2, 0.25) is 5.02 Å². The predicted octanol–water partition coefficient (Wildman–Crippen LogP) is 3.25. The van der Waals surface area contributed by atoms with E-state index in [1.165, 1.54) is 0 Å². The summed E-state index contributed by atoms with van der Waals surface area (Å²) in [6.45, 7) is 4.31. The third-order valence-electron chi connectivity index (χ3n) is 4.53. The molecule has 0 radical (unpaired) electrons. The van der Waals surface area contributed by atoms with Crippen molar-refractivity contribution in [1.82, 2.24) is 4.90 Å². The lowest BCUT2D eigenvalue weighted by atomic mass is 10.2. The molecule has 3 rings (SSSR count). The van der Waals surface area contributed by atoms with Crippen molar-refractivity contribution in [2.45, 2.75) is 12.6 Å². The zero-order chi connectivity index (χ0) is 17.5. The zero-order valence-electron chi connectivity index (χ0n) is 14.2. The monoisotopic (exact) mass is 358 g/mol. The number of hydrogen-bond acceptors (Lipinski definition) is 4. The Balaban J connectivity index is 1.48. The van der Waals surface area contributed by atoms with Crippen LogP contribution in [0, 0.1) is 0 Å². The van der Waals surface area contributed by atoms with Crippen LogP contribution < -0.4 is 4.90 Å². The minimum absolute atomic E-state index is 0.197. The van der Waals surface area contributed by atoms with Crippen LogP contribution in [0.15, 0.2) is 54.6 Å². The minimum atomic E-state index is -0.197. The topological polar surface area (TPSA) is 32.8 Å². The molecule has 0 N–H and O–H groups in total. The summed E-state index contributed by atoms with van der Waals surface area (Å²) in [5, 5.41) is 0.772. The van der Waals surface area contributed by atoms with Crippen molar-refractivity contribution in [3.63, 3.8) is 0 Å². The first kappa shape index (κ1) is 17.9. The first-order chi connectivity index (χ1) is 12.3. The molecule has 0 aliphatic carbocycles. The fraction of sp³-hybridized carbons (Fsp3) is 0.350. The van der Waals surface area contributed by atoms with E-state index in [1.54, 1.807) is 0 Å². The molecule has 0 bridgehead atoms. The molecule has 1 fully saturated rings. The minimum Gasteiger partial charge on any atom is -0.375 e. The fourth-order valence-electron chi connectivity index (χ4n) is 3.11. The summed E-state index contributed by atoms with van der Waals surface area (Å²) in [5.41, 5.74) is 2.18. The summed E-state index contributed by atoms with van der Waals surface area (Å²) >= 11 is 6.28.